The van der Waals surface area contributed by atoms with Crippen molar-refractivity contribution in [2.24, 2.45) is 5.73 Å². The summed E-state index contributed by atoms with van der Waals surface area (Å²) in [6, 6.07) is 12.2. The maximum atomic E-state index is 13.6. The van der Waals surface area contributed by atoms with Crippen molar-refractivity contribution in [1.29, 1.82) is 0 Å². The van der Waals surface area contributed by atoms with Crippen LogP contribution in [-0.2, 0) is 0 Å². The standard InChI is InChI=1S/C17H20FNO/c1-11(2)20-17-7-5-4-6-15(17)16-10-13(18)8-9-14(16)12(3)19/h4-12H,19H2,1-3H3. The lowest BCUT2D eigenvalue weighted by atomic mass is 9.95. The van der Waals surface area contributed by atoms with Gasteiger partial charge in [0.2, 0.25) is 0 Å². The van der Waals surface area contributed by atoms with E-state index >= 15 is 0 Å². The van der Waals surface area contributed by atoms with Crippen LogP contribution < -0.4 is 10.5 Å². The summed E-state index contributed by atoms with van der Waals surface area (Å²) in [4.78, 5) is 0. The Morgan fingerprint density at radius 3 is 2.35 bits per heavy atom. The van der Waals surface area contributed by atoms with Gasteiger partial charge in [-0.15, -0.1) is 0 Å². The number of benzene rings is 2. The highest BCUT2D eigenvalue weighted by atomic mass is 19.1. The fourth-order valence-corrected chi connectivity index (χ4v) is 2.20. The van der Waals surface area contributed by atoms with E-state index in [0.29, 0.717) is 0 Å². The van der Waals surface area contributed by atoms with E-state index in [4.69, 9.17) is 10.5 Å². The minimum Gasteiger partial charge on any atom is -0.490 e. The Morgan fingerprint density at radius 2 is 1.70 bits per heavy atom. The van der Waals surface area contributed by atoms with Gasteiger partial charge in [0.1, 0.15) is 11.6 Å². The molecule has 20 heavy (non-hydrogen) atoms. The van der Waals surface area contributed by atoms with Crippen LogP contribution in [0.25, 0.3) is 11.1 Å². The zero-order chi connectivity index (χ0) is 14.7. The van der Waals surface area contributed by atoms with Gasteiger partial charge in [0.05, 0.1) is 6.10 Å². The van der Waals surface area contributed by atoms with Crippen molar-refractivity contribution < 1.29 is 9.13 Å². The highest BCUT2D eigenvalue weighted by Crippen LogP contribution is 2.35. The van der Waals surface area contributed by atoms with Gasteiger partial charge in [-0.25, -0.2) is 4.39 Å². The van der Waals surface area contributed by atoms with E-state index in [1.807, 2.05) is 45.0 Å². The quantitative estimate of drug-likeness (QED) is 0.901. The highest BCUT2D eigenvalue weighted by Gasteiger charge is 2.14. The first-order valence-corrected chi connectivity index (χ1v) is 6.80. The van der Waals surface area contributed by atoms with E-state index in [2.05, 4.69) is 0 Å². The predicted octanol–water partition coefficient (Wildman–Crippen LogP) is 4.30. The topological polar surface area (TPSA) is 35.2 Å². The molecule has 0 saturated heterocycles. The zero-order valence-corrected chi connectivity index (χ0v) is 12.1. The molecule has 0 aliphatic heterocycles. The van der Waals surface area contributed by atoms with Crippen molar-refractivity contribution >= 4 is 0 Å². The fraction of sp³-hybridized carbons (Fsp3) is 0.294. The normalized spacial score (nSPS) is 12.5. The van der Waals surface area contributed by atoms with Gasteiger partial charge in [-0.1, -0.05) is 24.3 Å². The summed E-state index contributed by atoms with van der Waals surface area (Å²) in [5.41, 5.74) is 8.56. The number of ether oxygens (including phenoxy) is 1. The van der Waals surface area contributed by atoms with E-state index in [1.54, 1.807) is 6.07 Å². The molecular weight excluding hydrogens is 253 g/mol. The van der Waals surface area contributed by atoms with Crippen molar-refractivity contribution in [3.05, 3.63) is 53.8 Å². The summed E-state index contributed by atoms with van der Waals surface area (Å²) in [7, 11) is 0. The Balaban J connectivity index is 2.59. The van der Waals surface area contributed by atoms with Crippen LogP contribution in [0.3, 0.4) is 0 Å². The van der Waals surface area contributed by atoms with Gasteiger partial charge in [-0.2, -0.15) is 0 Å². The monoisotopic (exact) mass is 273 g/mol. The molecule has 0 radical (unpaired) electrons. The Kier molecular flexibility index (Phi) is 4.40. The number of hydrogen-bond acceptors (Lipinski definition) is 2. The molecule has 1 atom stereocenters. The van der Waals surface area contributed by atoms with Gasteiger partial charge in [0.25, 0.3) is 0 Å². The summed E-state index contributed by atoms with van der Waals surface area (Å²) >= 11 is 0. The molecular formula is C17H20FNO. The Bertz CT molecular complexity index is 593. The third kappa shape index (κ3) is 3.17. The number of rotatable bonds is 4. The van der Waals surface area contributed by atoms with Crippen LogP contribution in [0.5, 0.6) is 5.75 Å². The Hall–Kier alpha value is -1.87. The van der Waals surface area contributed by atoms with E-state index in [9.17, 15) is 4.39 Å². The van der Waals surface area contributed by atoms with Crippen LogP contribution in [0, 0.1) is 5.82 Å². The van der Waals surface area contributed by atoms with E-state index in [-0.39, 0.29) is 18.0 Å². The smallest absolute Gasteiger partial charge is 0.127 e. The van der Waals surface area contributed by atoms with Crippen LogP contribution in [0.2, 0.25) is 0 Å². The predicted molar refractivity (Wildman–Crippen MR) is 80.2 cm³/mol. The molecule has 2 nitrogen and oxygen atoms in total. The number of halogens is 1. The number of hydrogen-bond donors (Lipinski definition) is 1. The SMILES string of the molecule is CC(C)Oc1ccccc1-c1cc(F)ccc1C(C)N. The molecule has 0 fully saturated rings. The lowest BCUT2D eigenvalue weighted by molar-refractivity contribution is 0.243. The lowest BCUT2D eigenvalue weighted by Gasteiger charge is -2.18. The molecule has 0 bridgehead atoms. The van der Waals surface area contributed by atoms with Crippen molar-refractivity contribution in [3.63, 3.8) is 0 Å². The van der Waals surface area contributed by atoms with Gasteiger partial charge in [-0.05, 0) is 50.1 Å². The first kappa shape index (κ1) is 14.5. The van der Waals surface area contributed by atoms with Crippen LogP contribution in [0.15, 0.2) is 42.5 Å². The van der Waals surface area contributed by atoms with Crippen LogP contribution in [-0.4, -0.2) is 6.10 Å². The zero-order valence-electron chi connectivity index (χ0n) is 12.1. The maximum Gasteiger partial charge on any atom is 0.127 e. The van der Waals surface area contributed by atoms with E-state index < -0.39 is 0 Å². The van der Waals surface area contributed by atoms with E-state index in [1.165, 1.54) is 12.1 Å². The average Bonchev–Trinajstić information content (AvgIpc) is 2.38. The third-order valence-corrected chi connectivity index (χ3v) is 3.05. The second kappa shape index (κ2) is 6.06. The summed E-state index contributed by atoms with van der Waals surface area (Å²) in [6.45, 7) is 5.83. The summed E-state index contributed by atoms with van der Waals surface area (Å²) in [6.07, 6.45) is 0.0588. The largest absolute Gasteiger partial charge is 0.490 e. The minimum atomic E-state index is -0.274. The van der Waals surface area contributed by atoms with Gasteiger partial charge >= 0.3 is 0 Å². The van der Waals surface area contributed by atoms with Gasteiger partial charge in [0.15, 0.2) is 0 Å². The van der Waals surface area contributed by atoms with Crippen LogP contribution in [0.1, 0.15) is 32.4 Å². The molecule has 1 unspecified atom stereocenters. The molecule has 0 aliphatic carbocycles. The summed E-state index contributed by atoms with van der Waals surface area (Å²) in [5.74, 6) is 0.471. The highest BCUT2D eigenvalue weighted by molar-refractivity contribution is 5.74. The maximum absolute atomic E-state index is 13.6. The molecule has 0 aliphatic rings. The van der Waals surface area contributed by atoms with Gasteiger partial charge in [0, 0.05) is 11.6 Å². The average molecular weight is 273 g/mol. The number of para-hydroxylation sites is 1. The first-order chi connectivity index (χ1) is 9.49. The molecule has 106 valence electrons. The molecule has 2 N–H and O–H groups in total. The summed E-state index contributed by atoms with van der Waals surface area (Å²) in [5, 5.41) is 0. The van der Waals surface area contributed by atoms with Crippen molar-refractivity contribution in [2.75, 3.05) is 0 Å². The molecule has 0 saturated carbocycles. The van der Waals surface area contributed by atoms with Crippen LogP contribution >= 0.6 is 0 Å². The van der Waals surface area contributed by atoms with Gasteiger partial charge in [-0.3, -0.25) is 0 Å². The van der Waals surface area contributed by atoms with Crippen molar-refractivity contribution in [1.82, 2.24) is 0 Å². The summed E-state index contributed by atoms with van der Waals surface area (Å²) < 4.78 is 19.4. The molecule has 0 amide bonds. The minimum absolute atomic E-state index is 0.0588. The molecule has 0 spiro atoms. The molecule has 0 heterocycles. The van der Waals surface area contributed by atoms with E-state index in [0.717, 1.165) is 22.4 Å². The van der Waals surface area contributed by atoms with Crippen molar-refractivity contribution in [3.8, 4) is 16.9 Å². The lowest BCUT2D eigenvalue weighted by Crippen LogP contribution is -2.09. The first-order valence-electron chi connectivity index (χ1n) is 6.80. The second-order valence-corrected chi connectivity index (χ2v) is 5.18. The van der Waals surface area contributed by atoms with Crippen LogP contribution in [0.4, 0.5) is 4.39 Å². The van der Waals surface area contributed by atoms with Gasteiger partial charge < -0.3 is 10.5 Å². The fourth-order valence-electron chi connectivity index (χ4n) is 2.20. The van der Waals surface area contributed by atoms with Crippen molar-refractivity contribution in [2.45, 2.75) is 32.9 Å². The molecule has 3 heteroatoms. The second-order valence-electron chi connectivity index (χ2n) is 5.18. The molecule has 2 aromatic carbocycles. The molecule has 2 rings (SSSR count). The molecule has 0 aromatic heterocycles. The number of nitrogens with two attached hydrogens (primary N) is 1. The Labute approximate surface area is 119 Å². The third-order valence-electron chi connectivity index (χ3n) is 3.05. The Morgan fingerprint density at radius 1 is 1.00 bits per heavy atom. The molecule has 2 aromatic rings.